The van der Waals surface area contributed by atoms with Crippen LogP contribution in [0.1, 0.15) is 48.7 Å². The summed E-state index contributed by atoms with van der Waals surface area (Å²) in [5, 5.41) is 12.8. The van der Waals surface area contributed by atoms with Gasteiger partial charge in [-0.1, -0.05) is 39.0 Å². The van der Waals surface area contributed by atoms with Crippen molar-refractivity contribution in [3.8, 4) is 11.5 Å². The molecule has 0 aliphatic carbocycles. The summed E-state index contributed by atoms with van der Waals surface area (Å²) < 4.78 is 61.8. The van der Waals surface area contributed by atoms with Crippen LogP contribution in [-0.4, -0.2) is 29.4 Å². The second-order valence-corrected chi connectivity index (χ2v) is 9.35. The van der Waals surface area contributed by atoms with Gasteiger partial charge < -0.3 is 19.9 Å². The Kier molecular flexibility index (Phi) is 8.00. The van der Waals surface area contributed by atoms with E-state index in [0.717, 1.165) is 12.1 Å². The highest BCUT2D eigenvalue weighted by atomic mass is 19.4. The third kappa shape index (κ3) is 6.69. The van der Waals surface area contributed by atoms with Crippen LogP contribution >= 0.6 is 0 Å². The van der Waals surface area contributed by atoms with Gasteiger partial charge in [-0.05, 0) is 60.2 Å². The molecular formula is C27H27F4NO5. The van der Waals surface area contributed by atoms with Crippen LogP contribution in [0.3, 0.4) is 0 Å². The second-order valence-electron chi connectivity index (χ2n) is 9.35. The van der Waals surface area contributed by atoms with Gasteiger partial charge in [0.1, 0.15) is 30.0 Å². The zero-order valence-electron chi connectivity index (χ0n) is 20.7. The van der Waals surface area contributed by atoms with Gasteiger partial charge in [0.25, 0.3) is 5.91 Å². The summed E-state index contributed by atoms with van der Waals surface area (Å²) in [5.74, 6) is -2.84. The number of carbonyl (C=O) groups is 2. The van der Waals surface area contributed by atoms with Crippen LogP contribution in [0.15, 0.2) is 48.5 Å². The van der Waals surface area contributed by atoms with Crippen LogP contribution in [0.5, 0.6) is 11.5 Å². The lowest BCUT2D eigenvalue weighted by Gasteiger charge is -2.31. The minimum absolute atomic E-state index is 0.00678. The van der Waals surface area contributed by atoms with Gasteiger partial charge in [-0.3, -0.25) is 4.79 Å². The van der Waals surface area contributed by atoms with E-state index in [1.54, 1.807) is 26.8 Å². The quantitative estimate of drug-likeness (QED) is 0.319. The van der Waals surface area contributed by atoms with E-state index in [1.807, 2.05) is 6.92 Å². The number of carboxylic acid groups (broad SMARTS) is 1. The van der Waals surface area contributed by atoms with E-state index < -0.39 is 41.3 Å². The van der Waals surface area contributed by atoms with Gasteiger partial charge >= 0.3 is 12.3 Å². The normalized spacial score (nSPS) is 12.8. The SMILES string of the molecule is CCC(C)(C)C(NC(=O)c1ccc2c(F)cc(C)cc2c1OCc1ccc(OC(F)(F)F)cc1)C(=O)O. The molecule has 0 aliphatic rings. The number of hydrogen-bond donors (Lipinski definition) is 2. The standard InChI is InChI=1S/C27H27F4NO5/c1-5-26(3,4)23(25(34)35)32-24(33)19-11-10-18-20(12-15(2)13-21(18)28)22(19)36-14-16-6-8-17(9-7-16)37-27(29,30)31/h6-13,23H,5,14H2,1-4H3,(H,32,33)(H,34,35). The van der Waals surface area contributed by atoms with Crippen LogP contribution in [0, 0.1) is 18.2 Å². The lowest BCUT2D eigenvalue weighted by atomic mass is 9.81. The third-order valence-electron chi connectivity index (χ3n) is 6.18. The molecule has 0 heterocycles. The number of aliphatic carboxylic acids is 1. The molecule has 1 atom stereocenters. The molecule has 6 nitrogen and oxygen atoms in total. The molecule has 2 N–H and O–H groups in total. The van der Waals surface area contributed by atoms with Crippen LogP contribution < -0.4 is 14.8 Å². The Morgan fingerprint density at radius 3 is 2.24 bits per heavy atom. The molecule has 0 aromatic heterocycles. The Morgan fingerprint density at radius 2 is 1.68 bits per heavy atom. The predicted octanol–water partition coefficient (Wildman–Crippen LogP) is 6.38. The third-order valence-corrected chi connectivity index (χ3v) is 6.18. The van der Waals surface area contributed by atoms with E-state index in [-0.39, 0.29) is 23.3 Å². The maximum Gasteiger partial charge on any atom is 0.573 e. The van der Waals surface area contributed by atoms with Gasteiger partial charge in [0.2, 0.25) is 0 Å². The van der Waals surface area contributed by atoms with Gasteiger partial charge in [-0.25, -0.2) is 9.18 Å². The highest BCUT2D eigenvalue weighted by Crippen LogP contribution is 2.34. The first-order chi connectivity index (χ1) is 17.2. The van der Waals surface area contributed by atoms with Crippen LogP contribution in [-0.2, 0) is 11.4 Å². The van der Waals surface area contributed by atoms with E-state index in [4.69, 9.17) is 4.74 Å². The van der Waals surface area contributed by atoms with Crippen molar-refractivity contribution in [2.75, 3.05) is 0 Å². The van der Waals surface area contributed by atoms with Gasteiger partial charge in [-0.2, -0.15) is 0 Å². The van der Waals surface area contributed by atoms with Crippen molar-refractivity contribution in [1.82, 2.24) is 5.32 Å². The van der Waals surface area contributed by atoms with Crippen molar-refractivity contribution < 1.29 is 41.7 Å². The Bertz CT molecular complexity index is 1300. The van der Waals surface area contributed by atoms with Gasteiger partial charge in [0.05, 0.1) is 5.56 Å². The monoisotopic (exact) mass is 521 g/mol. The van der Waals surface area contributed by atoms with Crippen molar-refractivity contribution in [3.05, 3.63) is 71.0 Å². The molecule has 3 aromatic carbocycles. The van der Waals surface area contributed by atoms with Crippen molar-refractivity contribution in [2.24, 2.45) is 5.41 Å². The van der Waals surface area contributed by atoms with E-state index in [9.17, 15) is 32.3 Å². The lowest BCUT2D eigenvalue weighted by molar-refractivity contribution is -0.274. The highest BCUT2D eigenvalue weighted by molar-refractivity contribution is 6.05. The summed E-state index contributed by atoms with van der Waals surface area (Å²) in [5.41, 5.74) is 0.258. The van der Waals surface area contributed by atoms with Crippen LogP contribution in [0.25, 0.3) is 10.8 Å². The Balaban J connectivity index is 1.99. The molecule has 0 bridgehead atoms. The average molecular weight is 522 g/mol. The number of nitrogens with one attached hydrogen (secondary N) is 1. The number of fused-ring (bicyclic) bond motifs is 1. The first-order valence-electron chi connectivity index (χ1n) is 11.5. The van der Waals surface area contributed by atoms with E-state index in [1.165, 1.54) is 30.3 Å². The molecule has 0 spiro atoms. The fourth-order valence-corrected chi connectivity index (χ4v) is 3.78. The van der Waals surface area contributed by atoms with Gasteiger partial charge in [0, 0.05) is 10.8 Å². The Morgan fingerprint density at radius 1 is 1.03 bits per heavy atom. The summed E-state index contributed by atoms with van der Waals surface area (Å²) in [6, 6.07) is 9.49. The number of ether oxygens (including phenoxy) is 2. The maximum atomic E-state index is 14.7. The maximum absolute atomic E-state index is 14.7. The number of benzene rings is 3. The molecule has 0 aliphatic heterocycles. The smallest absolute Gasteiger partial charge is 0.487 e. The number of carbonyl (C=O) groups excluding carboxylic acids is 1. The summed E-state index contributed by atoms with van der Waals surface area (Å²) in [6.45, 7) is 6.75. The fourth-order valence-electron chi connectivity index (χ4n) is 3.78. The average Bonchev–Trinajstić information content (AvgIpc) is 2.80. The molecular weight excluding hydrogens is 494 g/mol. The first-order valence-corrected chi connectivity index (χ1v) is 11.5. The molecule has 3 rings (SSSR count). The number of halogens is 4. The fraction of sp³-hybridized carbons (Fsp3) is 0.333. The van der Waals surface area contributed by atoms with Crippen LogP contribution in [0.4, 0.5) is 17.6 Å². The zero-order valence-corrected chi connectivity index (χ0v) is 20.7. The molecule has 0 fully saturated rings. The van der Waals surface area contributed by atoms with Gasteiger partial charge in [0.15, 0.2) is 0 Å². The lowest BCUT2D eigenvalue weighted by Crippen LogP contribution is -2.50. The molecule has 198 valence electrons. The van der Waals surface area contributed by atoms with Crippen molar-refractivity contribution in [1.29, 1.82) is 0 Å². The van der Waals surface area contributed by atoms with Gasteiger partial charge in [-0.15, -0.1) is 13.2 Å². The zero-order chi connectivity index (χ0) is 27.5. The number of alkyl halides is 3. The minimum atomic E-state index is -4.83. The topological polar surface area (TPSA) is 84.9 Å². The minimum Gasteiger partial charge on any atom is -0.487 e. The molecule has 3 aromatic rings. The molecule has 0 saturated heterocycles. The molecule has 1 amide bonds. The molecule has 0 saturated carbocycles. The largest absolute Gasteiger partial charge is 0.573 e. The first kappa shape index (κ1) is 27.8. The molecule has 37 heavy (non-hydrogen) atoms. The number of hydrogen-bond acceptors (Lipinski definition) is 4. The van der Waals surface area contributed by atoms with E-state index in [0.29, 0.717) is 22.9 Å². The van der Waals surface area contributed by atoms with Crippen molar-refractivity contribution in [3.63, 3.8) is 0 Å². The Hall–Kier alpha value is -3.82. The summed E-state index contributed by atoms with van der Waals surface area (Å²) in [4.78, 5) is 25.2. The van der Waals surface area contributed by atoms with Crippen LogP contribution in [0.2, 0.25) is 0 Å². The Labute approximate surface area is 211 Å². The number of rotatable bonds is 9. The van der Waals surface area contributed by atoms with E-state index >= 15 is 0 Å². The summed E-state index contributed by atoms with van der Waals surface area (Å²) in [6.07, 6.45) is -4.35. The highest BCUT2D eigenvalue weighted by Gasteiger charge is 2.36. The molecule has 10 heteroatoms. The summed E-state index contributed by atoms with van der Waals surface area (Å²) in [7, 11) is 0. The number of aryl methyl sites for hydroxylation is 1. The molecule has 1 unspecified atom stereocenters. The van der Waals surface area contributed by atoms with E-state index in [2.05, 4.69) is 10.1 Å². The van der Waals surface area contributed by atoms with Crippen molar-refractivity contribution >= 4 is 22.6 Å². The predicted molar refractivity (Wildman–Crippen MR) is 129 cm³/mol. The van der Waals surface area contributed by atoms with Crippen molar-refractivity contribution in [2.45, 2.75) is 53.1 Å². The second kappa shape index (κ2) is 10.7. The number of amides is 1. The summed E-state index contributed by atoms with van der Waals surface area (Å²) >= 11 is 0. The number of carboxylic acids is 1. The molecule has 0 radical (unpaired) electrons.